The summed E-state index contributed by atoms with van der Waals surface area (Å²) in [6.45, 7) is 2.72. The van der Waals surface area contributed by atoms with Crippen molar-refractivity contribution in [1.29, 1.82) is 0 Å². The lowest BCUT2D eigenvalue weighted by molar-refractivity contribution is -0.384. The molecule has 0 saturated carbocycles. The minimum Gasteiger partial charge on any atom is -0.354 e. The molecule has 0 atom stereocenters. The molecule has 0 aliphatic rings. The van der Waals surface area contributed by atoms with Crippen LogP contribution in [0.3, 0.4) is 0 Å². The van der Waals surface area contributed by atoms with Crippen molar-refractivity contribution in [3.8, 4) is 11.5 Å². The summed E-state index contributed by atoms with van der Waals surface area (Å²) in [7, 11) is 1.76. The average Bonchev–Trinajstić information content (AvgIpc) is 2.82. The molecule has 2 aromatic rings. The Hall–Kier alpha value is -2.51. The molecule has 0 aliphatic heterocycles. The Morgan fingerprint density at radius 1 is 1.47 bits per heavy atom. The molecule has 2 rings (SSSR count). The fraction of sp³-hybridized carbons (Fsp3) is 0.364. The molecular weight excluding hydrogens is 248 g/mol. The summed E-state index contributed by atoms with van der Waals surface area (Å²) in [5.41, 5.74) is 0.0578. The van der Waals surface area contributed by atoms with Gasteiger partial charge in [-0.3, -0.25) is 10.1 Å². The van der Waals surface area contributed by atoms with Gasteiger partial charge in [0.15, 0.2) is 11.5 Å². The molecule has 0 saturated heterocycles. The Morgan fingerprint density at radius 2 is 2.26 bits per heavy atom. The van der Waals surface area contributed by atoms with Gasteiger partial charge >= 0.3 is 5.69 Å². The normalized spacial score (nSPS) is 10.4. The van der Waals surface area contributed by atoms with Crippen molar-refractivity contribution in [2.75, 3.05) is 11.9 Å². The lowest BCUT2D eigenvalue weighted by Gasteiger charge is -2.06. The van der Waals surface area contributed by atoms with Crippen molar-refractivity contribution in [3.63, 3.8) is 0 Å². The maximum absolute atomic E-state index is 11.0. The number of nitrogens with zero attached hydrogens (tertiary/aromatic N) is 5. The van der Waals surface area contributed by atoms with Gasteiger partial charge < -0.3 is 9.88 Å². The van der Waals surface area contributed by atoms with Gasteiger partial charge in [-0.2, -0.15) is 0 Å². The first kappa shape index (κ1) is 12.9. The summed E-state index contributed by atoms with van der Waals surface area (Å²) in [6.07, 6.45) is 5.40. The minimum atomic E-state index is -0.506. The molecule has 0 aromatic carbocycles. The van der Waals surface area contributed by atoms with Gasteiger partial charge in [0.05, 0.1) is 4.92 Å². The molecule has 0 fully saturated rings. The maximum Gasteiger partial charge on any atom is 0.317 e. The molecule has 2 aromatic heterocycles. The van der Waals surface area contributed by atoms with E-state index in [1.807, 2.05) is 6.92 Å². The van der Waals surface area contributed by atoms with Crippen LogP contribution in [0.4, 0.5) is 11.6 Å². The van der Waals surface area contributed by atoms with Gasteiger partial charge in [-0.15, -0.1) is 0 Å². The predicted octanol–water partition coefficient (Wildman–Crippen LogP) is 1.61. The smallest absolute Gasteiger partial charge is 0.317 e. The van der Waals surface area contributed by atoms with Crippen LogP contribution in [0.15, 0.2) is 18.6 Å². The second kappa shape index (κ2) is 5.42. The lowest BCUT2D eigenvalue weighted by atomic mass is 10.3. The predicted molar refractivity (Wildman–Crippen MR) is 69.7 cm³/mol. The zero-order valence-corrected chi connectivity index (χ0v) is 10.7. The Labute approximate surface area is 109 Å². The average molecular weight is 262 g/mol. The molecule has 0 aliphatic carbocycles. The summed E-state index contributed by atoms with van der Waals surface area (Å²) >= 11 is 0. The number of aryl methyl sites for hydroxylation is 1. The third-order valence-electron chi connectivity index (χ3n) is 2.53. The van der Waals surface area contributed by atoms with Crippen molar-refractivity contribution >= 4 is 11.6 Å². The summed E-state index contributed by atoms with van der Waals surface area (Å²) in [4.78, 5) is 22.7. The second-order valence-electron chi connectivity index (χ2n) is 3.97. The first-order chi connectivity index (χ1) is 9.13. The highest BCUT2D eigenvalue weighted by Gasteiger charge is 2.21. The van der Waals surface area contributed by atoms with Crippen molar-refractivity contribution in [3.05, 3.63) is 28.7 Å². The number of aromatic nitrogens is 4. The number of anilines is 1. The van der Waals surface area contributed by atoms with Crippen molar-refractivity contribution in [1.82, 2.24) is 19.5 Å². The Bertz CT molecular complexity index is 595. The van der Waals surface area contributed by atoms with Gasteiger partial charge in [-0.25, -0.2) is 15.0 Å². The highest BCUT2D eigenvalue weighted by Crippen LogP contribution is 2.26. The molecule has 8 nitrogen and oxygen atoms in total. The zero-order valence-electron chi connectivity index (χ0n) is 10.7. The van der Waals surface area contributed by atoms with E-state index in [2.05, 4.69) is 20.3 Å². The molecule has 0 unspecified atom stereocenters. The summed E-state index contributed by atoms with van der Waals surface area (Å²) in [6, 6.07) is 0. The quantitative estimate of drug-likeness (QED) is 0.649. The standard InChI is InChI=1S/C11H14N6O2/c1-3-4-13-11-14-7-8(17(18)19)9(15-11)10-12-5-6-16(10)2/h5-7H,3-4H2,1-2H3,(H,13,14,15). The van der Waals surface area contributed by atoms with Crippen LogP contribution in [0.5, 0.6) is 0 Å². The third kappa shape index (κ3) is 2.67. The first-order valence-electron chi connectivity index (χ1n) is 5.86. The van der Waals surface area contributed by atoms with E-state index in [1.165, 1.54) is 6.20 Å². The molecule has 0 amide bonds. The van der Waals surface area contributed by atoms with Crippen molar-refractivity contribution in [2.45, 2.75) is 13.3 Å². The van der Waals surface area contributed by atoms with Crippen LogP contribution >= 0.6 is 0 Å². The SMILES string of the molecule is CCCNc1ncc([N+](=O)[O-])c(-c2nccn2C)n1. The number of rotatable bonds is 5. The van der Waals surface area contributed by atoms with E-state index in [9.17, 15) is 10.1 Å². The van der Waals surface area contributed by atoms with E-state index >= 15 is 0 Å². The Kier molecular flexibility index (Phi) is 3.69. The number of hydrogen-bond donors (Lipinski definition) is 1. The summed E-state index contributed by atoms with van der Waals surface area (Å²) < 4.78 is 1.68. The van der Waals surface area contributed by atoms with Gasteiger partial charge in [0.25, 0.3) is 0 Å². The van der Waals surface area contributed by atoms with E-state index in [0.717, 1.165) is 6.42 Å². The molecular formula is C11H14N6O2. The second-order valence-corrected chi connectivity index (χ2v) is 3.97. The third-order valence-corrected chi connectivity index (χ3v) is 2.53. The van der Waals surface area contributed by atoms with Crippen LogP contribution < -0.4 is 5.32 Å². The van der Waals surface area contributed by atoms with E-state index in [-0.39, 0.29) is 11.4 Å². The topological polar surface area (TPSA) is 98.8 Å². The molecule has 2 heterocycles. The van der Waals surface area contributed by atoms with Crippen LogP contribution in [0.2, 0.25) is 0 Å². The number of imidazole rings is 1. The molecule has 0 bridgehead atoms. The first-order valence-corrected chi connectivity index (χ1v) is 5.86. The number of nitrogens with one attached hydrogen (secondary N) is 1. The van der Waals surface area contributed by atoms with Gasteiger partial charge in [-0.1, -0.05) is 6.92 Å². The maximum atomic E-state index is 11.0. The fourth-order valence-corrected chi connectivity index (χ4v) is 1.59. The highest BCUT2D eigenvalue weighted by molar-refractivity contribution is 5.64. The van der Waals surface area contributed by atoms with Crippen LogP contribution in [0.25, 0.3) is 11.5 Å². The molecule has 19 heavy (non-hydrogen) atoms. The van der Waals surface area contributed by atoms with E-state index in [0.29, 0.717) is 18.3 Å². The Balaban J connectivity index is 2.48. The fourth-order valence-electron chi connectivity index (χ4n) is 1.59. The van der Waals surface area contributed by atoms with Gasteiger partial charge in [0.2, 0.25) is 5.95 Å². The largest absolute Gasteiger partial charge is 0.354 e. The van der Waals surface area contributed by atoms with Gasteiger partial charge in [-0.05, 0) is 6.42 Å². The number of nitro groups is 1. The molecule has 100 valence electrons. The minimum absolute atomic E-state index is 0.156. The van der Waals surface area contributed by atoms with Gasteiger partial charge in [0, 0.05) is 26.0 Å². The van der Waals surface area contributed by atoms with Crippen molar-refractivity contribution in [2.24, 2.45) is 7.05 Å². The summed E-state index contributed by atoms with van der Waals surface area (Å²) in [5.74, 6) is 0.805. The number of hydrogen-bond acceptors (Lipinski definition) is 6. The van der Waals surface area contributed by atoms with Crippen LogP contribution in [-0.2, 0) is 7.05 Å². The highest BCUT2D eigenvalue weighted by atomic mass is 16.6. The van der Waals surface area contributed by atoms with Gasteiger partial charge in [0.1, 0.15) is 6.20 Å². The van der Waals surface area contributed by atoms with Crippen LogP contribution in [0.1, 0.15) is 13.3 Å². The Morgan fingerprint density at radius 3 is 2.84 bits per heavy atom. The van der Waals surface area contributed by atoms with Crippen LogP contribution in [-0.4, -0.2) is 31.0 Å². The molecule has 1 N–H and O–H groups in total. The zero-order chi connectivity index (χ0) is 13.8. The summed E-state index contributed by atoms with van der Waals surface area (Å²) in [5, 5.41) is 14.0. The molecule has 0 radical (unpaired) electrons. The van der Waals surface area contributed by atoms with E-state index < -0.39 is 4.92 Å². The monoisotopic (exact) mass is 262 g/mol. The molecule has 8 heteroatoms. The lowest BCUT2D eigenvalue weighted by Crippen LogP contribution is -2.07. The van der Waals surface area contributed by atoms with E-state index in [1.54, 1.807) is 24.0 Å². The molecule has 0 spiro atoms. The van der Waals surface area contributed by atoms with Crippen LogP contribution in [0, 0.1) is 10.1 Å². The van der Waals surface area contributed by atoms with Crippen molar-refractivity contribution < 1.29 is 4.92 Å². The van der Waals surface area contributed by atoms with E-state index in [4.69, 9.17) is 0 Å².